The molecule has 4 heteroatoms. The lowest BCUT2D eigenvalue weighted by Gasteiger charge is -2.25. The second-order valence-electron chi connectivity index (χ2n) is 6.57. The maximum Gasteiger partial charge on any atom is 0.226 e. The predicted octanol–water partition coefficient (Wildman–Crippen LogP) is 4.50. The van der Waals surface area contributed by atoms with Crippen LogP contribution >= 0.6 is 0 Å². The summed E-state index contributed by atoms with van der Waals surface area (Å²) in [6.07, 6.45) is 2.32. The fourth-order valence-electron chi connectivity index (χ4n) is 3.82. The quantitative estimate of drug-likeness (QED) is 0.584. The van der Waals surface area contributed by atoms with E-state index in [-0.39, 0.29) is 11.8 Å². The fraction of sp³-hybridized carbons (Fsp3) is 0.0909. The highest BCUT2D eigenvalue weighted by Crippen LogP contribution is 2.40. The Balaban J connectivity index is 1.69. The van der Waals surface area contributed by atoms with Crippen LogP contribution in [0.2, 0.25) is 0 Å². The summed E-state index contributed by atoms with van der Waals surface area (Å²) in [6.45, 7) is 0. The average molecular weight is 339 g/mol. The van der Waals surface area contributed by atoms with Gasteiger partial charge in [0.15, 0.2) is 0 Å². The topological polar surface area (TPSA) is 46.9 Å². The number of hydrogen-bond acceptors (Lipinski definition) is 2. The van der Waals surface area contributed by atoms with Crippen LogP contribution in [-0.4, -0.2) is 15.7 Å². The van der Waals surface area contributed by atoms with Gasteiger partial charge in [-0.3, -0.25) is 4.79 Å². The van der Waals surface area contributed by atoms with E-state index >= 15 is 0 Å². The third-order valence-electron chi connectivity index (χ3n) is 5.02. The molecule has 0 spiro atoms. The molecule has 126 valence electrons. The summed E-state index contributed by atoms with van der Waals surface area (Å²) in [4.78, 5) is 12.5. The Morgan fingerprint density at radius 3 is 2.54 bits per heavy atom. The van der Waals surface area contributed by atoms with E-state index in [1.165, 1.54) is 16.3 Å². The molecule has 1 amide bonds. The molecular formula is C22H17N3O. The smallest absolute Gasteiger partial charge is 0.226 e. The number of fused-ring (bicyclic) bond motifs is 2. The van der Waals surface area contributed by atoms with Crippen molar-refractivity contribution in [2.45, 2.75) is 12.3 Å². The van der Waals surface area contributed by atoms with Crippen molar-refractivity contribution < 1.29 is 4.79 Å². The molecule has 0 fully saturated rings. The number of rotatable bonds is 2. The van der Waals surface area contributed by atoms with E-state index in [2.05, 4.69) is 40.7 Å². The van der Waals surface area contributed by atoms with Gasteiger partial charge in [-0.1, -0.05) is 60.7 Å². The number of hydrogen-bond donors (Lipinski definition) is 1. The largest absolute Gasteiger partial charge is 0.310 e. The molecule has 4 aromatic rings. The van der Waals surface area contributed by atoms with Gasteiger partial charge in [-0.2, -0.15) is 5.10 Å². The SMILES string of the molecule is O=C1CC(c2cccc3ccccc23)c2cnn(-c3ccccc3)c2N1. The van der Waals surface area contributed by atoms with E-state index in [1.807, 2.05) is 53.3 Å². The second kappa shape index (κ2) is 5.85. The average Bonchev–Trinajstić information content (AvgIpc) is 3.11. The molecule has 1 aromatic heterocycles. The molecule has 1 N–H and O–H groups in total. The van der Waals surface area contributed by atoms with Crippen molar-refractivity contribution in [3.05, 3.63) is 90.1 Å². The van der Waals surface area contributed by atoms with Gasteiger partial charge >= 0.3 is 0 Å². The Bertz CT molecular complexity index is 1110. The standard InChI is InChI=1S/C22H17N3O/c26-21-13-19(18-12-6-8-15-7-4-5-11-17(15)18)20-14-23-25(22(20)24-21)16-9-2-1-3-10-16/h1-12,14,19H,13H2,(H,24,26). The highest BCUT2D eigenvalue weighted by Gasteiger charge is 2.31. The molecule has 2 heterocycles. The number of para-hydroxylation sites is 1. The Morgan fingerprint density at radius 2 is 1.65 bits per heavy atom. The van der Waals surface area contributed by atoms with Gasteiger partial charge in [-0.15, -0.1) is 0 Å². The number of carbonyl (C=O) groups is 1. The fourth-order valence-corrected chi connectivity index (χ4v) is 3.82. The van der Waals surface area contributed by atoms with Crippen LogP contribution in [0.5, 0.6) is 0 Å². The first-order valence-electron chi connectivity index (χ1n) is 8.72. The van der Waals surface area contributed by atoms with Gasteiger partial charge in [-0.05, 0) is 28.5 Å². The molecule has 1 aliphatic rings. The Kier molecular flexibility index (Phi) is 3.35. The van der Waals surface area contributed by atoms with E-state index in [4.69, 9.17) is 0 Å². The van der Waals surface area contributed by atoms with Gasteiger partial charge in [0.1, 0.15) is 5.82 Å². The summed E-state index contributed by atoms with van der Waals surface area (Å²) in [5.74, 6) is 0.792. The minimum absolute atomic E-state index is 0.00214. The van der Waals surface area contributed by atoms with Crippen LogP contribution < -0.4 is 5.32 Å². The minimum Gasteiger partial charge on any atom is -0.310 e. The normalized spacial score (nSPS) is 16.3. The number of aromatic nitrogens is 2. The zero-order valence-corrected chi connectivity index (χ0v) is 14.1. The lowest BCUT2D eigenvalue weighted by Crippen LogP contribution is -2.24. The van der Waals surface area contributed by atoms with Crippen molar-refractivity contribution in [3.8, 4) is 5.69 Å². The first-order chi connectivity index (χ1) is 12.8. The van der Waals surface area contributed by atoms with Gasteiger partial charge in [-0.25, -0.2) is 4.68 Å². The summed E-state index contributed by atoms with van der Waals surface area (Å²) in [6, 6.07) is 24.5. The predicted molar refractivity (Wildman–Crippen MR) is 103 cm³/mol. The van der Waals surface area contributed by atoms with Crippen molar-refractivity contribution in [1.29, 1.82) is 0 Å². The zero-order chi connectivity index (χ0) is 17.5. The van der Waals surface area contributed by atoms with Crippen LogP contribution in [-0.2, 0) is 4.79 Å². The molecule has 4 nitrogen and oxygen atoms in total. The number of nitrogens with one attached hydrogen (secondary N) is 1. The van der Waals surface area contributed by atoms with Crippen LogP contribution in [0.25, 0.3) is 16.5 Å². The van der Waals surface area contributed by atoms with Crippen molar-refractivity contribution >= 4 is 22.5 Å². The maximum absolute atomic E-state index is 12.5. The van der Waals surface area contributed by atoms with Crippen molar-refractivity contribution in [2.75, 3.05) is 5.32 Å². The molecule has 1 atom stereocenters. The van der Waals surface area contributed by atoms with Crippen LogP contribution in [0.3, 0.4) is 0 Å². The molecule has 0 bridgehead atoms. The van der Waals surface area contributed by atoms with Crippen LogP contribution in [0.1, 0.15) is 23.5 Å². The molecule has 5 rings (SSSR count). The van der Waals surface area contributed by atoms with Crippen molar-refractivity contribution in [1.82, 2.24) is 9.78 Å². The molecule has 0 saturated heterocycles. The number of carbonyl (C=O) groups excluding carboxylic acids is 1. The number of nitrogens with zero attached hydrogens (tertiary/aromatic N) is 2. The van der Waals surface area contributed by atoms with Crippen molar-refractivity contribution in [2.24, 2.45) is 0 Å². The molecule has 0 aliphatic carbocycles. The Hall–Kier alpha value is -3.40. The lowest BCUT2D eigenvalue weighted by molar-refractivity contribution is -0.116. The van der Waals surface area contributed by atoms with Gasteiger partial charge in [0.25, 0.3) is 0 Å². The first-order valence-corrected chi connectivity index (χ1v) is 8.72. The van der Waals surface area contributed by atoms with E-state index in [0.29, 0.717) is 6.42 Å². The summed E-state index contributed by atoms with van der Waals surface area (Å²) < 4.78 is 1.81. The zero-order valence-electron chi connectivity index (χ0n) is 14.1. The van der Waals surface area contributed by atoms with Crippen molar-refractivity contribution in [3.63, 3.8) is 0 Å². The van der Waals surface area contributed by atoms with E-state index in [9.17, 15) is 4.79 Å². The summed E-state index contributed by atoms with van der Waals surface area (Å²) >= 11 is 0. The first kappa shape index (κ1) is 14.9. The number of benzene rings is 3. The summed E-state index contributed by atoms with van der Waals surface area (Å²) in [7, 11) is 0. The molecule has 1 unspecified atom stereocenters. The number of anilines is 1. The minimum atomic E-state index is 0.00214. The molecular weight excluding hydrogens is 322 g/mol. The van der Waals surface area contributed by atoms with E-state index in [1.54, 1.807) is 0 Å². The monoisotopic (exact) mass is 339 g/mol. The van der Waals surface area contributed by atoms with Gasteiger partial charge in [0.2, 0.25) is 5.91 Å². The van der Waals surface area contributed by atoms with Crippen LogP contribution in [0, 0.1) is 0 Å². The summed E-state index contributed by atoms with van der Waals surface area (Å²) in [5, 5.41) is 9.95. The Labute approximate surface area is 151 Å². The van der Waals surface area contributed by atoms with Gasteiger partial charge in [0, 0.05) is 17.9 Å². The molecule has 3 aromatic carbocycles. The van der Waals surface area contributed by atoms with Crippen LogP contribution in [0.4, 0.5) is 5.82 Å². The van der Waals surface area contributed by atoms with Gasteiger partial charge < -0.3 is 5.32 Å². The molecule has 26 heavy (non-hydrogen) atoms. The van der Waals surface area contributed by atoms with E-state index in [0.717, 1.165) is 17.1 Å². The van der Waals surface area contributed by atoms with Crippen LogP contribution in [0.15, 0.2) is 79.0 Å². The highest BCUT2D eigenvalue weighted by molar-refractivity contribution is 5.96. The number of amides is 1. The maximum atomic E-state index is 12.5. The molecule has 0 radical (unpaired) electrons. The van der Waals surface area contributed by atoms with Gasteiger partial charge in [0.05, 0.1) is 11.9 Å². The third kappa shape index (κ3) is 2.30. The Morgan fingerprint density at radius 1 is 0.885 bits per heavy atom. The lowest BCUT2D eigenvalue weighted by atomic mass is 9.84. The second-order valence-corrected chi connectivity index (χ2v) is 6.57. The molecule has 0 saturated carbocycles. The third-order valence-corrected chi connectivity index (χ3v) is 5.02. The highest BCUT2D eigenvalue weighted by atomic mass is 16.1. The summed E-state index contributed by atoms with van der Waals surface area (Å²) in [5.41, 5.74) is 3.17. The molecule has 1 aliphatic heterocycles. The van der Waals surface area contributed by atoms with E-state index < -0.39 is 0 Å².